The maximum Gasteiger partial charge on any atom is 0.236 e. The Labute approximate surface area is 121 Å². The first-order valence-electron chi connectivity index (χ1n) is 7.02. The number of nitrogens with zero attached hydrogens (tertiary/aromatic N) is 1. The molecule has 110 valence electrons. The first-order chi connectivity index (χ1) is 9.71. The maximum absolute atomic E-state index is 11.8. The van der Waals surface area contributed by atoms with E-state index in [2.05, 4.69) is 11.9 Å². The van der Waals surface area contributed by atoms with Crippen molar-refractivity contribution in [1.29, 1.82) is 0 Å². The van der Waals surface area contributed by atoms with Gasteiger partial charge in [-0.1, -0.05) is 24.8 Å². The van der Waals surface area contributed by atoms with Crippen LogP contribution in [-0.2, 0) is 11.3 Å². The zero-order valence-electron chi connectivity index (χ0n) is 12.4. The van der Waals surface area contributed by atoms with Gasteiger partial charge in [-0.05, 0) is 31.5 Å². The third-order valence-corrected chi connectivity index (χ3v) is 3.01. The number of benzene rings is 1. The molecule has 0 spiro atoms. The van der Waals surface area contributed by atoms with E-state index in [1.54, 1.807) is 6.08 Å². The van der Waals surface area contributed by atoms with Gasteiger partial charge in [0.05, 0.1) is 6.54 Å². The van der Waals surface area contributed by atoms with Crippen molar-refractivity contribution in [3.05, 3.63) is 42.5 Å². The van der Waals surface area contributed by atoms with E-state index in [0.29, 0.717) is 19.7 Å². The van der Waals surface area contributed by atoms with Crippen molar-refractivity contribution in [3.8, 4) is 5.75 Å². The SMILES string of the molecule is C=CCOc1ccc(CNCC(=O)N(CC)CC)cc1. The molecule has 0 fully saturated rings. The smallest absolute Gasteiger partial charge is 0.236 e. The van der Waals surface area contributed by atoms with Crippen LogP contribution < -0.4 is 10.1 Å². The third-order valence-electron chi connectivity index (χ3n) is 3.01. The van der Waals surface area contributed by atoms with Crippen molar-refractivity contribution in [2.24, 2.45) is 0 Å². The normalized spacial score (nSPS) is 10.1. The van der Waals surface area contributed by atoms with Crippen molar-refractivity contribution in [2.75, 3.05) is 26.2 Å². The number of rotatable bonds is 9. The standard InChI is InChI=1S/C16H24N2O2/c1-4-11-20-15-9-7-14(8-10-15)12-17-13-16(19)18(5-2)6-3/h4,7-10,17H,1,5-6,11-13H2,2-3H3. The lowest BCUT2D eigenvalue weighted by Gasteiger charge is -2.18. The Morgan fingerprint density at radius 3 is 2.50 bits per heavy atom. The molecule has 0 aliphatic carbocycles. The summed E-state index contributed by atoms with van der Waals surface area (Å²) in [4.78, 5) is 13.6. The van der Waals surface area contributed by atoms with E-state index in [1.165, 1.54) is 0 Å². The van der Waals surface area contributed by atoms with Crippen molar-refractivity contribution >= 4 is 5.91 Å². The Kier molecular flexibility index (Phi) is 7.43. The summed E-state index contributed by atoms with van der Waals surface area (Å²) in [7, 11) is 0. The fourth-order valence-corrected chi connectivity index (χ4v) is 1.86. The van der Waals surface area contributed by atoms with Gasteiger partial charge >= 0.3 is 0 Å². The predicted octanol–water partition coefficient (Wildman–Crippen LogP) is 2.21. The van der Waals surface area contributed by atoms with Gasteiger partial charge in [-0.2, -0.15) is 0 Å². The molecule has 1 N–H and O–H groups in total. The predicted molar refractivity (Wildman–Crippen MR) is 81.8 cm³/mol. The average Bonchev–Trinajstić information content (AvgIpc) is 2.47. The van der Waals surface area contributed by atoms with Gasteiger partial charge in [-0.25, -0.2) is 0 Å². The summed E-state index contributed by atoms with van der Waals surface area (Å²) < 4.78 is 5.41. The number of hydrogen-bond acceptors (Lipinski definition) is 3. The van der Waals surface area contributed by atoms with Crippen LogP contribution in [0.3, 0.4) is 0 Å². The summed E-state index contributed by atoms with van der Waals surface area (Å²) in [6.07, 6.45) is 1.72. The highest BCUT2D eigenvalue weighted by Gasteiger charge is 2.08. The molecule has 0 aromatic heterocycles. The van der Waals surface area contributed by atoms with Gasteiger partial charge in [0.2, 0.25) is 5.91 Å². The third kappa shape index (κ3) is 5.45. The summed E-state index contributed by atoms with van der Waals surface area (Å²) >= 11 is 0. The Bertz CT molecular complexity index is 411. The highest BCUT2D eigenvalue weighted by molar-refractivity contribution is 5.78. The van der Waals surface area contributed by atoms with Gasteiger partial charge in [0.25, 0.3) is 0 Å². The lowest BCUT2D eigenvalue weighted by molar-refractivity contribution is -0.129. The minimum Gasteiger partial charge on any atom is -0.490 e. The number of carbonyl (C=O) groups excluding carboxylic acids is 1. The molecule has 0 saturated carbocycles. The van der Waals surface area contributed by atoms with Crippen LogP contribution in [0, 0.1) is 0 Å². The minimum atomic E-state index is 0.140. The molecule has 0 heterocycles. The molecule has 1 aromatic rings. The van der Waals surface area contributed by atoms with E-state index in [9.17, 15) is 4.79 Å². The first-order valence-corrected chi connectivity index (χ1v) is 7.02. The van der Waals surface area contributed by atoms with Crippen LogP contribution in [0.4, 0.5) is 0 Å². The number of hydrogen-bond donors (Lipinski definition) is 1. The van der Waals surface area contributed by atoms with Gasteiger partial charge in [0, 0.05) is 19.6 Å². The molecule has 1 aromatic carbocycles. The molecular weight excluding hydrogens is 252 g/mol. The molecule has 1 amide bonds. The average molecular weight is 276 g/mol. The lowest BCUT2D eigenvalue weighted by atomic mass is 10.2. The largest absolute Gasteiger partial charge is 0.490 e. The van der Waals surface area contributed by atoms with Crippen LogP contribution >= 0.6 is 0 Å². The summed E-state index contributed by atoms with van der Waals surface area (Å²) in [6, 6.07) is 7.83. The molecule has 0 aliphatic rings. The highest BCUT2D eigenvalue weighted by Crippen LogP contribution is 2.11. The monoisotopic (exact) mass is 276 g/mol. The van der Waals surface area contributed by atoms with Gasteiger partial charge < -0.3 is 15.0 Å². The molecule has 0 saturated heterocycles. The molecule has 4 heteroatoms. The van der Waals surface area contributed by atoms with Crippen molar-refractivity contribution in [2.45, 2.75) is 20.4 Å². The van der Waals surface area contributed by atoms with Crippen molar-refractivity contribution < 1.29 is 9.53 Å². The Morgan fingerprint density at radius 2 is 1.95 bits per heavy atom. The highest BCUT2D eigenvalue weighted by atomic mass is 16.5. The lowest BCUT2D eigenvalue weighted by Crippen LogP contribution is -2.37. The number of nitrogens with one attached hydrogen (secondary N) is 1. The van der Waals surface area contributed by atoms with E-state index in [0.717, 1.165) is 24.4 Å². The maximum atomic E-state index is 11.8. The molecule has 4 nitrogen and oxygen atoms in total. The fourth-order valence-electron chi connectivity index (χ4n) is 1.86. The summed E-state index contributed by atoms with van der Waals surface area (Å²) in [5.41, 5.74) is 1.13. The number of carbonyl (C=O) groups is 1. The van der Waals surface area contributed by atoms with Gasteiger partial charge in [0.1, 0.15) is 12.4 Å². The topological polar surface area (TPSA) is 41.6 Å². The van der Waals surface area contributed by atoms with Crippen LogP contribution in [0.2, 0.25) is 0 Å². The van der Waals surface area contributed by atoms with Gasteiger partial charge in [-0.3, -0.25) is 4.79 Å². The molecule has 20 heavy (non-hydrogen) atoms. The number of ether oxygens (including phenoxy) is 1. The van der Waals surface area contributed by atoms with Crippen LogP contribution in [0.5, 0.6) is 5.75 Å². The van der Waals surface area contributed by atoms with Crippen molar-refractivity contribution in [1.82, 2.24) is 10.2 Å². The molecule has 0 unspecified atom stereocenters. The van der Waals surface area contributed by atoms with Crippen LogP contribution in [0.15, 0.2) is 36.9 Å². The second-order valence-corrected chi connectivity index (χ2v) is 4.41. The van der Waals surface area contributed by atoms with Crippen LogP contribution in [0.1, 0.15) is 19.4 Å². The van der Waals surface area contributed by atoms with Gasteiger partial charge in [0.15, 0.2) is 0 Å². The van der Waals surface area contributed by atoms with E-state index in [-0.39, 0.29) is 5.91 Å². The molecular formula is C16H24N2O2. The summed E-state index contributed by atoms with van der Waals surface area (Å²) in [5.74, 6) is 0.966. The van der Waals surface area contributed by atoms with Crippen LogP contribution in [-0.4, -0.2) is 37.0 Å². The molecule has 0 atom stereocenters. The Morgan fingerprint density at radius 1 is 1.30 bits per heavy atom. The van der Waals surface area contributed by atoms with Gasteiger partial charge in [-0.15, -0.1) is 0 Å². The summed E-state index contributed by atoms with van der Waals surface area (Å²) in [6.45, 7) is 10.7. The summed E-state index contributed by atoms with van der Waals surface area (Å²) in [5, 5.41) is 3.17. The minimum absolute atomic E-state index is 0.140. The van der Waals surface area contributed by atoms with E-state index in [1.807, 2.05) is 43.0 Å². The zero-order valence-corrected chi connectivity index (χ0v) is 12.4. The fraction of sp³-hybridized carbons (Fsp3) is 0.438. The van der Waals surface area contributed by atoms with E-state index < -0.39 is 0 Å². The Balaban J connectivity index is 2.35. The first kappa shape index (κ1) is 16.2. The zero-order chi connectivity index (χ0) is 14.8. The van der Waals surface area contributed by atoms with E-state index >= 15 is 0 Å². The van der Waals surface area contributed by atoms with E-state index in [4.69, 9.17) is 4.74 Å². The molecule has 1 rings (SSSR count). The second kappa shape index (κ2) is 9.15. The van der Waals surface area contributed by atoms with Crippen molar-refractivity contribution in [3.63, 3.8) is 0 Å². The number of likely N-dealkylation sites (N-methyl/N-ethyl adjacent to an activating group) is 1. The number of amides is 1. The molecule has 0 radical (unpaired) electrons. The quantitative estimate of drug-likeness (QED) is 0.703. The molecule has 0 aliphatic heterocycles. The second-order valence-electron chi connectivity index (χ2n) is 4.41. The van der Waals surface area contributed by atoms with Crippen LogP contribution in [0.25, 0.3) is 0 Å². The molecule has 0 bridgehead atoms. The Hall–Kier alpha value is -1.81.